The number of anilines is 1. The molecule has 2 aromatic carbocycles. The third kappa shape index (κ3) is 6.58. The molecule has 40 heavy (non-hydrogen) atoms. The fourth-order valence-corrected chi connectivity index (χ4v) is 5.70. The minimum absolute atomic E-state index is 0.0606. The van der Waals surface area contributed by atoms with Gasteiger partial charge in [-0.25, -0.2) is 9.18 Å². The maximum atomic E-state index is 16.7. The quantitative estimate of drug-likeness (QED) is 0.332. The summed E-state index contributed by atoms with van der Waals surface area (Å²) >= 11 is 0. The molecule has 214 valence electrons. The van der Waals surface area contributed by atoms with Crippen LogP contribution in [-0.2, 0) is 20.5 Å². The Bertz CT molecular complexity index is 1360. The van der Waals surface area contributed by atoms with Crippen LogP contribution in [-0.4, -0.2) is 48.3 Å². The van der Waals surface area contributed by atoms with Crippen LogP contribution < -0.4 is 11.0 Å². The highest BCUT2D eigenvalue weighted by atomic mass is 28.4. The number of nitrogens with one attached hydrogen (secondary N) is 1. The highest BCUT2D eigenvalue weighted by Gasteiger charge is 2.59. The third-order valence-electron chi connectivity index (χ3n) is 7.66. The lowest BCUT2D eigenvalue weighted by Gasteiger charge is -2.41. The molecule has 0 radical (unpaired) electrons. The number of rotatable bonds is 9. The van der Waals surface area contributed by atoms with Crippen LogP contribution in [0.1, 0.15) is 49.8 Å². The van der Waals surface area contributed by atoms with E-state index in [-0.39, 0.29) is 17.5 Å². The van der Waals surface area contributed by atoms with Crippen LogP contribution >= 0.6 is 0 Å². The van der Waals surface area contributed by atoms with Crippen LogP contribution in [0.5, 0.6) is 0 Å². The van der Waals surface area contributed by atoms with Crippen molar-refractivity contribution in [3.05, 3.63) is 94.5 Å². The number of hydrogen-bond donors (Lipinski definition) is 1. The van der Waals surface area contributed by atoms with Gasteiger partial charge in [-0.2, -0.15) is 4.98 Å². The molecule has 0 spiro atoms. The number of halogens is 1. The number of nitrogens with zero attached hydrogens (tertiary/aromatic N) is 2. The summed E-state index contributed by atoms with van der Waals surface area (Å²) in [5, 5.41) is 2.44. The van der Waals surface area contributed by atoms with Gasteiger partial charge in [0, 0.05) is 11.8 Å². The molecule has 0 aliphatic carbocycles. The van der Waals surface area contributed by atoms with Crippen LogP contribution in [0.15, 0.2) is 77.7 Å². The Labute approximate surface area is 235 Å². The predicted octanol–water partition coefficient (Wildman–Crippen LogP) is 5.73. The van der Waals surface area contributed by atoms with E-state index in [1.165, 1.54) is 19.2 Å². The molecule has 1 fully saturated rings. The number of ether oxygens (including phenoxy) is 2. The lowest BCUT2D eigenvalue weighted by Crippen LogP contribution is -2.53. The van der Waals surface area contributed by atoms with Crippen molar-refractivity contribution in [1.82, 2.24) is 9.55 Å². The van der Waals surface area contributed by atoms with E-state index in [2.05, 4.69) is 44.2 Å². The number of carbonyl (C=O) groups excluding carboxylic acids is 1. The van der Waals surface area contributed by atoms with Crippen molar-refractivity contribution in [2.75, 3.05) is 11.9 Å². The number of aromatic nitrogens is 2. The zero-order valence-corrected chi connectivity index (χ0v) is 24.9. The van der Waals surface area contributed by atoms with Gasteiger partial charge in [0.25, 0.3) is 5.91 Å². The minimum atomic E-state index is -2.43. The average Bonchev–Trinajstić information content (AvgIpc) is 3.13. The summed E-state index contributed by atoms with van der Waals surface area (Å²) in [6.45, 7) is 12.2. The van der Waals surface area contributed by atoms with E-state index in [0.717, 1.165) is 10.1 Å². The third-order valence-corrected chi connectivity index (χ3v) is 12.1. The Hall–Kier alpha value is -3.18. The van der Waals surface area contributed by atoms with Gasteiger partial charge in [-0.15, -0.1) is 0 Å². The number of benzene rings is 2. The van der Waals surface area contributed by atoms with E-state index in [4.69, 9.17) is 13.9 Å². The summed E-state index contributed by atoms with van der Waals surface area (Å²) in [5.74, 6) is -0.346. The van der Waals surface area contributed by atoms with Crippen LogP contribution in [0.25, 0.3) is 0 Å². The van der Waals surface area contributed by atoms with Gasteiger partial charge in [-0.1, -0.05) is 69.3 Å². The zero-order valence-electron chi connectivity index (χ0n) is 23.9. The number of alkyl halides is 1. The molecule has 8 nitrogen and oxygen atoms in total. The Kier molecular flexibility index (Phi) is 8.74. The molecule has 1 saturated heterocycles. The topological polar surface area (TPSA) is 91.7 Å². The molecule has 1 N–H and O–H groups in total. The van der Waals surface area contributed by atoms with Crippen molar-refractivity contribution >= 4 is 20.0 Å². The summed E-state index contributed by atoms with van der Waals surface area (Å²) in [4.78, 5) is 29.6. The maximum absolute atomic E-state index is 16.7. The Balaban J connectivity index is 1.57. The highest BCUT2D eigenvalue weighted by molar-refractivity contribution is 6.74. The highest BCUT2D eigenvalue weighted by Crippen LogP contribution is 2.47. The van der Waals surface area contributed by atoms with Gasteiger partial charge < -0.3 is 19.2 Å². The van der Waals surface area contributed by atoms with Crippen LogP contribution in [0.2, 0.25) is 18.1 Å². The molecular weight excluding hydrogens is 529 g/mol. The zero-order chi connectivity index (χ0) is 29.1. The SMILES string of the molecule is CC(C)(C)[Si](C)(C)O[C@@H]1[C@@H](COCc2ccccc2)O[C@@H](n2ccc(NC(=O)c3ccccc3)nc2=O)[C@]1(C)F. The van der Waals surface area contributed by atoms with Gasteiger partial charge in [0.1, 0.15) is 18.0 Å². The summed E-state index contributed by atoms with van der Waals surface area (Å²) < 4.78 is 36.5. The summed E-state index contributed by atoms with van der Waals surface area (Å²) in [5.41, 5.74) is -1.42. The standard InChI is InChI=1S/C30H38FN3O5Si/c1-29(2,3)40(5,6)39-25-23(20-37-19-21-13-9-7-10-14-21)38-27(30(25,4)31)34-18-17-24(33-28(34)36)32-26(35)22-15-11-8-12-16-22/h7-18,23,25,27H,19-20H2,1-6H3,(H,32,33,35,36)/t23-,25-,27-,30-/m1/s1. The molecule has 3 aromatic rings. The van der Waals surface area contributed by atoms with Gasteiger partial charge in [-0.3, -0.25) is 9.36 Å². The Morgan fingerprint density at radius 3 is 2.33 bits per heavy atom. The predicted molar refractivity (Wildman–Crippen MR) is 154 cm³/mol. The first kappa shape index (κ1) is 29.8. The van der Waals surface area contributed by atoms with Gasteiger partial charge in [0.2, 0.25) is 0 Å². The summed E-state index contributed by atoms with van der Waals surface area (Å²) in [6.07, 6.45) is -1.65. The molecule has 10 heteroatoms. The van der Waals surface area contributed by atoms with Gasteiger partial charge >= 0.3 is 5.69 Å². The van der Waals surface area contributed by atoms with Crippen molar-refractivity contribution in [3.8, 4) is 0 Å². The lowest BCUT2D eigenvalue weighted by atomic mass is 9.98. The normalized spacial score (nSPS) is 23.2. The summed E-state index contributed by atoms with van der Waals surface area (Å²) in [7, 11) is -2.43. The first-order valence-electron chi connectivity index (χ1n) is 13.4. The second-order valence-electron chi connectivity index (χ2n) is 11.8. The molecule has 0 unspecified atom stereocenters. The van der Waals surface area contributed by atoms with Crippen molar-refractivity contribution in [2.24, 2.45) is 0 Å². The van der Waals surface area contributed by atoms with Crippen LogP contribution in [0.3, 0.4) is 0 Å². The van der Waals surface area contributed by atoms with E-state index in [1.807, 2.05) is 30.3 Å². The van der Waals surface area contributed by atoms with E-state index in [1.54, 1.807) is 30.3 Å². The van der Waals surface area contributed by atoms with Crippen molar-refractivity contribution < 1.29 is 23.1 Å². The first-order chi connectivity index (χ1) is 18.8. The van der Waals surface area contributed by atoms with E-state index < -0.39 is 44.0 Å². The van der Waals surface area contributed by atoms with E-state index in [0.29, 0.717) is 12.2 Å². The monoisotopic (exact) mass is 567 g/mol. The lowest BCUT2D eigenvalue weighted by molar-refractivity contribution is -0.0737. The molecule has 4 rings (SSSR count). The number of amides is 1. The molecule has 1 aliphatic rings. The van der Waals surface area contributed by atoms with Gasteiger partial charge in [0.05, 0.1) is 13.2 Å². The van der Waals surface area contributed by atoms with Gasteiger partial charge in [-0.05, 0) is 48.8 Å². The largest absolute Gasteiger partial charge is 0.408 e. The second-order valence-corrected chi connectivity index (χ2v) is 16.6. The van der Waals surface area contributed by atoms with E-state index in [9.17, 15) is 9.59 Å². The smallest absolute Gasteiger partial charge is 0.351 e. The Morgan fingerprint density at radius 1 is 1.10 bits per heavy atom. The summed E-state index contributed by atoms with van der Waals surface area (Å²) in [6, 6.07) is 19.7. The minimum Gasteiger partial charge on any atom is -0.408 e. The molecule has 0 saturated carbocycles. The first-order valence-corrected chi connectivity index (χ1v) is 16.3. The molecule has 0 bridgehead atoms. The number of carbonyl (C=O) groups is 1. The van der Waals surface area contributed by atoms with E-state index >= 15 is 4.39 Å². The molecule has 1 aliphatic heterocycles. The molecule has 1 aromatic heterocycles. The van der Waals surface area contributed by atoms with Gasteiger partial charge in [0.15, 0.2) is 20.2 Å². The fraction of sp³-hybridized carbons (Fsp3) is 0.433. The Morgan fingerprint density at radius 2 is 1.73 bits per heavy atom. The maximum Gasteiger partial charge on any atom is 0.351 e. The van der Waals surface area contributed by atoms with Crippen molar-refractivity contribution in [2.45, 2.75) is 76.5 Å². The second kappa shape index (κ2) is 11.7. The van der Waals surface area contributed by atoms with Crippen molar-refractivity contribution in [1.29, 1.82) is 0 Å². The molecule has 2 heterocycles. The average molecular weight is 568 g/mol. The fourth-order valence-electron chi connectivity index (χ4n) is 4.33. The molecule has 1 amide bonds. The molecular formula is C30H38FN3O5Si. The molecule has 4 atom stereocenters. The van der Waals surface area contributed by atoms with Crippen LogP contribution in [0, 0.1) is 0 Å². The number of hydrogen-bond acceptors (Lipinski definition) is 6. The van der Waals surface area contributed by atoms with Crippen LogP contribution in [0.4, 0.5) is 10.2 Å². The van der Waals surface area contributed by atoms with Crippen molar-refractivity contribution in [3.63, 3.8) is 0 Å².